The van der Waals surface area contributed by atoms with Gasteiger partial charge >= 0.3 is 494 Å². The van der Waals surface area contributed by atoms with Gasteiger partial charge in [-0.2, -0.15) is 0 Å². The molecule has 0 saturated heterocycles. The summed E-state index contributed by atoms with van der Waals surface area (Å²) < 4.78 is 9.64. The molecule has 82 heavy (non-hydrogen) atoms. The Labute approximate surface area is 491 Å². The van der Waals surface area contributed by atoms with Gasteiger partial charge in [0, 0.05) is 0 Å². The third-order valence-corrected chi connectivity index (χ3v) is 20.1. The van der Waals surface area contributed by atoms with E-state index in [-0.39, 0.29) is 10.8 Å². The summed E-state index contributed by atoms with van der Waals surface area (Å²) in [6, 6.07) is 82.8. The molecule has 5 nitrogen and oxygen atoms in total. The molecule has 10 aromatic rings. The molecule has 9 heterocycles. The third-order valence-electron chi connectivity index (χ3n) is 17.1. The molecule has 19 rings (SSSR count). The summed E-state index contributed by atoms with van der Waals surface area (Å²) in [5.41, 5.74) is 27.7. The number of ether oxygens (including phenoxy) is 1. The van der Waals surface area contributed by atoms with Crippen molar-refractivity contribution in [1.82, 2.24) is 0 Å². The minimum atomic E-state index is -1.32. The fourth-order valence-corrected chi connectivity index (χ4v) is 16.2. The van der Waals surface area contributed by atoms with Crippen LogP contribution in [0.4, 0.5) is 45.5 Å². The van der Waals surface area contributed by atoms with Crippen molar-refractivity contribution in [3.8, 4) is 56.0 Å². The Morgan fingerprint density at radius 2 is 0.659 bits per heavy atom. The van der Waals surface area contributed by atoms with Gasteiger partial charge in [-0.05, 0) is 0 Å². The topological polar surface area (TPSA) is 22.2 Å². The molecule has 0 fully saturated rings. The van der Waals surface area contributed by atoms with E-state index in [0.29, 0.717) is 11.5 Å². The first-order valence-corrected chi connectivity index (χ1v) is 31.2. The molecule has 406 valence electrons. The Kier molecular flexibility index (Phi) is 11.8. The number of aryl methyl sites for hydroxylation is 6. The summed E-state index contributed by atoms with van der Waals surface area (Å²) in [7, 11) is 0. The zero-order valence-corrected chi connectivity index (χ0v) is 50.1. The van der Waals surface area contributed by atoms with Crippen LogP contribution in [-0.2, 0) is 54.2 Å². The van der Waals surface area contributed by atoms with E-state index in [1.165, 1.54) is 86.2 Å². The number of hydrogen-bond donors (Lipinski definition) is 0. The van der Waals surface area contributed by atoms with Crippen LogP contribution in [0.25, 0.3) is 44.5 Å². The number of hydrogen-bond acceptors (Lipinski definition) is 5. The van der Waals surface area contributed by atoms with E-state index in [1.807, 2.05) is 0 Å². The molecule has 0 saturated carbocycles. The molecule has 0 amide bonds. The van der Waals surface area contributed by atoms with Crippen molar-refractivity contribution in [3.63, 3.8) is 0 Å². The number of anilines is 8. The summed E-state index contributed by atoms with van der Waals surface area (Å²) >= 11 is -1.32. The predicted octanol–water partition coefficient (Wildman–Crippen LogP) is 19.0. The van der Waals surface area contributed by atoms with Gasteiger partial charge in [-0.15, -0.1) is 0 Å². The molecule has 0 atom stereocenters. The number of rotatable bonds is 0. The molecule has 0 spiro atoms. The molecular formula is C76H64N4OPt-2. The molecule has 9 aliphatic heterocycles. The third kappa shape index (κ3) is 8.62. The van der Waals surface area contributed by atoms with Crippen LogP contribution < -0.4 is 24.3 Å². The van der Waals surface area contributed by atoms with Crippen molar-refractivity contribution >= 4 is 53.8 Å². The molecular weight excluding hydrogens is 1180 g/mol. The number of para-hydroxylation sites is 4. The average molecular weight is 1240 g/mol. The molecule has 0 aromatic heterocycles. The normalized spacial score (nSPS) is 14.9. The average Bonchev–Trinajstić information content (AvgIpc) is 1.98. The van der Waals surface area contributed by atoms with E-state index >= 15 is 0 Å². The van der Waals surface area contributed by atoms with E-state index < -0.39 is 17.6 Å². The van der Waals surface area contributed by atoms with E-state index in [1.54, 1.807) is 0 Å². The zero-order valence-electron chi connectivity index (χ0n) is 47.8. The number of nitrogens with zero attached hydrogens (tertiary/aromatic N) is 4. The van der Waals surface area contributed by atoms with E-state index in [2.05, 4.69) is 281 Å². The molecule has 6 heteroatoms. The summed E-state index contributed by atoms with van der Waals surface area (Å²) in [6.45, 7) is 18.3. The van der Waals surface area contributed by atoms with Crippen molar-refractivity contribution in [2.45, 2.75) is 91.9 Å². The predicted molar refractivity (Wildman–Crippen MR) is 338 cm³/mol. The maximum absolute atomic E-state index is 7.28. The van der Waals surface area contributed by atoms with Gasteiger partial charge in [0.1, 0.15) is 0 Å². The molecule has 0 aliphatic carbocycles. The molecule has 9 aliphatic rings. The van der Waals surface area contributed by atoms with Crippen LogP contribution in [0.2, 0.25) is 0 Å². The van der Waals surface area contributed by atoms with Gasteiger partial charge in [0.2, 0.25) is 0 Å². The van der Waals surface area contributed by atoms with Crippen molar-refractivity contribution in [2.24, 2.45) is 0 Å². The first-order chi connectivity index (χ1) is 39.7. The van der Waals surface area contributed by atoms with Crippen LogP contribution in [0.15, 0.2) is 194 Å². The second kappa shape index (κ2) is 19.1. The monoisotopic (exact) mass is 1240 g/mol. The Balaban J connectivity index is 1.19. The fourth-order valence-electron chi connectivity index (χ4n) is 12.6. The van der Waals surface area contributed by atoms with Crippen LogP contribution in [0.5, 0.6) is 11.5 Å². The van der Waals surface area contributed by atoms with Gasteiger partial charge in [0.15, 0.2) is 0 Å². The summed E-state index contributed by atoms with van der Waals surface area (Å²) in [5, 5.41) is 0. The molecule has 0 radical (unpaired) electrons. The fraction of sp³-hybridized carbons (Fsp3) is 0.184. The van der Waals surface area contributed by atoms with Crippen molar-refractivity contribution in [3.05, 3.63) is 251 Å². The van der Waals surface area contributed by atoms with Crippen LogP contribution in [0, 0.1) is 26.0 Å². The van der Waals surface area contributed by atoms with Crippen LogP contribution in [-0.4, -0.2) is 8.29 Å². The Morgan fingerprint density at radius 1 is 0.366 bits per heavy atom. The Bertz CT molecular complexity index is 3910. The van der Waals surface area contributed by atoms with Crippen LogP contribution in [0.1, 0.15) is 86.1 Å². The van der Waals surface area contributed by atoms with Crippen molar-refractivity contribution < 1.29 is 22.4 Å². The number of fused-ring (bicyclic) bond motifs is 14. The minimum absolute atomic E-state index is 0.224. The molecule has 16 bridgehead atoms. The number of benzene rings is 10. The van der Waals surface area contributed by atoms with Gasteiger partial charge in [-0.1, -0.05) is 0 Å². The quantitative estimate of drug-likeness (QED) is 0.141. The first-order valence-electron chi connectivity index (χ1n) is 28.9. The maximum atomic E-state index is 7.28. The standard InChI is InChI=1S/C76H64N4O.Pt/c1-49-37-65-55-29-21-51(22-30-55)17-19-53-25-33-57(34-26-53)67-39-50(2)40-68-58-35-27-54(28-36-58)20-18-52-23-31-56(32-24-52)66(38-49)73(65)79-47-77(69-13-9-11-15-71(69)79)61-41-59(75(3,4)5)43-63(45-61)81-64-44-60(76(6,7)8)42-62(46-64)78-48-80(74(67)68)72-16-12-10-14-70(72)78;/h9-16,21-44H,17-20H2,1-8H3;/q-2;. The summed E-state index contributed by atoms with van der Waals surface area (Å²) in [6.07, 6.45) is 3.76. The Hall–Kier alpha value is -8.37. The van der Waals surface area contributed by atoms with E-state index in [4.69, 9.17) is 4.74 Å². The van der Waals surface area contributed by atoms with Crippen LogP contribution >= 0.6 is 0 Å². The first kappa shape index (κ1) is 50.6. The molecule has 0 unspecified atom stereocenters. The second-order valence-corrected chi connectivity index (χ2v) is 27.5. The molecule has 0 N–H and O–H groups in total. The summed E-state index contributed by atoms with van der Waals surface area (Å²) in [5.74, 6) is 1.32. The second-order valence-electron chi connectivity index (χ2n) is 24.9. The van der Waals surface area contributed by atoms with Crippen LogP contribution in [0.3, 0.4) is 0 Å². The van der Waals surface area contributed by atoms with Gasteiger partial charge in [-0.25, -0.2) is 0 Å². The SMILES string of the molecule is Cc1cc2c3c(c1)-c1ccc(cc1)CCc1ccc(cc1)-c1cc(C)cc(c1N1[C]4=[Pt]=[C]5N(c6[c-]c(cc(C(C)(C)C)c6)Oc6[c-]c(cc(C(C)(C)C)c6)N4c4ccccc41)c1ccccc1N53)-c1ccc(cc1)CCc1ccc-2cc1. The van der Waals surface area contributed by atoms with E-state index in [0.717, 1.165) is 82.3 Å². The van der Waals surface area contributed by atoms with Crippen molar-refractivity contribution in [1.29, 1.82) is 0 Å². The van der Waals surface area contributed by atoms with Gasteiger partial charge in [-0.3, -0.25) is 0 Å². The Morgan fingerprint density at radius 3 is 0.951 bits per heavy atom. The van der Waals surface area contributed by atoms with E-state index in [9.17, 15) is 0 Å². The van der Waals surface area contributed by atoms with Crippen molar-refractivity contribution in [2.75, 3.05) is 19.6 Å². The van der Waals surface area contributed by atoms with Gasteiger partial charge < -0.3 is 0 Å². The summed E-state index contributed by atoms with van der Waals surface area (Å²) in [4.78, 5) is 10.4. The van der Waals surface area contributed by atoms with Gasteiger partial charge in [0.25, 0.3) is 0 Å². The molecule has 10 aromatic carbocycles. The van der Waals surface area contributed by atoms with Gasteiger partial charge in [0.05, 0.1) is 0 Å². The zero-order chi connectivity index (χ0) is 55.8.